The molecule has 8 nitrogen and oxygen atoms in total. The monoisotopic (exact) mass is 610 g/mol. The lowest BCUT2D eigenvalue weighted by atomic mass is 9.69. The van der Waals surface area contributed by atoms with Gasteiger partial charge in [-0.25, -0.2) is 0 Å². The van der Waals surface area contributed by atoms with E-state index in [9.17, 15) is 20.0 Å². The number of amidine groups is 2. The lowest BCUT2D eigenvalue weighted by molar-refractivity contribution is -0.514. The average molecular weight is 611 g/mol. The molecule has 6 rings (SSSR count). The Morgan fingerprint density at radius 1 is 0.522 bits per heavy atom. The molecule has 0 bridgehead atoms. The lowest BCUT2D eigenvalue weighted by Crippen LogP contribution is -2.54. The van der Waals surface area contributed by atoms with Crippen LogP contribution in [0.25, 0.3) is 0 Å². The van der Waals surface area contributed by atoms with Crippen molar-refractivity contribution in [3.63, 3.8) is 0 Å². The van der Waals surface area contributed by atoms with Gasteiger partial charge in [0, 0.05) is 11.1 Å². The Morgan fingerprint density at radius 2 is 0.804 bits per heavy atom. The molecule has 0 saturated carbocycles. The van der Waals surface area contributed by atoms with Gasteiger partial charge in [-0.15, -0.1) is 0 Å². The van der Waals surface area contributed by atoms with Gasteiger partial charge < -0.3 is 10.4 Å². The van der Waals surface area contributed by atoms with E-state index in [1.165, 1.54) is 0 Å². The Balaban J connectivity index is 1.62. The first-order valence-corrected chi connectivity index (χ1v) is 15.2. The number of carbonyl (C=O) groups is 2. The quantitative estimate of drug-likeness (QED) is 0.125. The smallest absolute Gasteiger partial charge is 0.329 e. The summed E-state index contributed by atoms with van der Waals surface area (Å²) in [5, 5.41) is 28.0. The number of carbonyl (C=O) groups excluding carboxylic acids is 2. The second-order valence-electron chi connectivity index (χ2n) is 12.5. The Hall–Kier alpha value is -5.50. The standard InChI is InChI=1S/C38H34N4O4/c1-37(2)33(39-35(41(37)45)27-21-13-7-14-22-27)29(31(43)25-17-9-5-10-18-25)30(32(44)26-19-11-6-12-20-26)34-38(3,4)42(46)36(40-34)28-23-15-8-16-24-28/h5-24,29-30H,1-4H3. The molecule has 0 aromatic heterocycles. The summed E-state index contributed by atoms with van der Waals surface area (Å²) in [6, 6.07) is 35.4. The van der Waals surface area contributed by atoms with Crippen LogP contribution >= 0.6 is 0 Å². The maximum Gasteiger partial charge on any atom is 0.329 e. The third-order valence-corrected chi connectivity index (χ3v) is 8.77. The van der Waals surface area contributed by atoms with Crippen molar-refractivity contribution < 1.29 is 19.1 Å². The van der Waals surface area contributed by atoms with Crippen LogP contribution in [-0.4, -0.2) is 55.2 Å². The van der Waals surface area contributed by atoms with Crippen LogP contribution < -0.4 is 0 Å². The first kappa shape index (κ1) is 30.5. The summed E-state index contributed by atoms with van der Waals surface area (Å²) in [6.45, 7) is 6.81. The number of aliphatic imine (C=N–C) groups is 2. The number of hydroxylamine groups is 2. The van der Waals surface area contributed by atoms with Crippen molar-refractivity contribution in [1.29, 1.82) is 0 Å². The van der Waals surface area contributed by atoms with Crippen molar-refractivity contribution in [3.05, 3.63) is 154 Å². The van der Waals surface area contributed by atoms with Crippen molar-refractivity contribution in [3.8, 4) is 0 Å². The first-order chi connectivity index (χ1) is 22.0. The van der Waals surface area contributed by atoms with E-state index in [0.29, 0.717) is 22.3 Å². The molecule has 8 heteroatoms. The molecule has 0 spiro atoms. The average Bonchev–Trinajstić information content (AvgIpc) is 3.46. The number of Topliss-reactive ketones (excluding diaryl/α,β-unsaturated/α-hetero) is 2. The van der Waals surface area contributed by atoms with E-state index < -0.39 is 34.5 Å². The van der Waals surface area contributed by atoms with Gasteiger partial charge in [-0.2, -0.15) is 0 Å². The topological polar surface area (TPSA) is 111 Å². The maximum absolute atomic E-state index is 14.8. The minimum atomic E-state index is -1.32. The third-order valence-electron chi connectivity index (χ3n) is 8.77. The molecule has 0 radical (unpaired) electrons. The molecular weight excluding hydrogens is 576 g/mol. The molecule has 2 heterocycles. The number of benzene rings is 4. The highest BCUT2D eigenvalue weighted by Gasteiger charge is 2.59. The third kappa shape index (κ3) is 5.15. The number of hydrogen-bond acceptors (Lipinski definition) is 6. The maximum atomic E-state index is 14.8. The van der Waals surface area contributed by atoms with Gasteiger partial charge in [-0.1, -0.05) is 97.1 Å². The Kier molecular flexibility index (Phi) is 7.82. The largest absolute Gasteiger partial charge is 0.714 e. The SMILES string of the molecule is CC1(C)C(C(C(=O)c2ccccc2)C(C(=O)c2ccccc2)C2=NC(c3ccccc3)=[N+]([O-])C2(C)C)=NC(c2ccccc2)=[N+]1[O-]. The zero-order valence-corrected chi connectivity index (χ0v) is 26.1. The van der Waals surface area contributed by atoms with E-state index in [4.69, 9.17) is 9.98 Å². The number of rotatable bonds is 9. The predicted molar refractivity (Wildman–Crippen MR) is 180 cm³/mol. The summed E-state index contributed by atoms with van der Waals surface area (Å²) in [5.74, 6) is -3.02. The molecule has 0 N–H and O–H groups in total. The first-order valence-electron chi connectivity index (χ1n) is 15.2. The van der Waals surface area contributed by atoms with Crippen molar-refractivity contribution in [2.45, 2.75) is 38.8 Å². The Bertz CT molecular complexity index is 1780. The van der Waals surface area contributed by atoms with Gasteiger partial charge in [0.25, 0.3) is 0 Å². The molecule has 0 amide bonds. The van der Waals surface area contributed by atoms with Gasteiger partial charge >= 0.3 is 11.7 Å². The summed E-state index contributed by atoms with van der Waals surface area (Å²) in [6.07, 6.45) is 0. The van der Waals surface area contributed by atoms with Gasteiger partial charge in [0.1, 0.15) is 11.8 Å². The molecule has 2 atom stereocenters. The fraction of sp³-hybridized carbons (Fsp3) is 0.211. The van der Waals surface area contributed by atoms with Gasteiger partial charge in [-0.05, 0) is 61.9 Å². The van der Waals surface area contributed by atoms with E-state index in [2.05, 4.69) is 0 Å². The van der Waals surface area contributed by atoms with Crippen LogP contribution in [-0.2, 0) is 0 Å². The normalized spacial score (nSPS) is 18.2. The van der Waals surface area contributed by atoms with Crippen LogP contribution in [0.5, 0.6) is 0 Å². The fourth-order valence-corrected chi connectivity index (χ4v) is 6.20. The van der Waals surface area contributed by atoms with Crippen LogP contribution in [0.4, 0.5) is 0 Å². The molecule has 2 aliphatic heterocycles. The summed E-state index contributed by atoms with van der Waals surface area (Å²) in [5.41, 5.74) is -0.302. The number of ketones is 2. The zero-order chi connectivity index (χ0) is 32.6. The fourth-order valence-electron chi connectivity index (χ4n) is 6.20. The van der Waals surface area contributed by atoms with E-state index in [-0.39, 0.29) is 23.1 Å². The van der Waals surface area contributed by atoms with Crippen LogP contribution in [0, 0.1) is 22.3 Å². The summed E-state index contributed by atoms with van der Waals surface area (Å²) >= 11 is 0. The molecule has 4 aromatic carbocycles. The van der Waals surface area contributed by atoms with Crippen molar-refractivity contribution in [1.82, 2.24) is 0 Å². The molecule has 230 valence electrons. The molecule has 0 fully saturated rings. The van der Waals surface area contributed by atoms with E-state index in [1.807, 2.05) is 36.4 Å². The minimum absolute atomic E-state index is 0.145. The van der Waals surface area contributed by atoms with Crippen LogP contribution in [0.1, 0.15) is 59.5 Å². The van der Waals surface area contributed by atoms with E-state index in [1.54, 1.807) is 113 Å². The van der Waals surface area contributed by atoms with Crippen molar-refractivity contribution in [2.75, 3.05) is 0 Å². The van der Waals surface area contributed by atoms with Crippen LogP contribution in [0.2, 0.25) is 0 Å². The highest BCUT2D eigenvalue weighted by Crippen LogP contribution is 2.38. The minimum Gasteiger partial charge on any atom is -0.714 e. The Labute approximate surface area is 268 Å². The van der Waals surface area contributed by atoms with Gasteiger partial charge in [0.15, 0.2) is 34.1 Å². The molecule has 2 unspecified atom stereocenters. The van der Waals surface area contributed by atoms with Gasteiger partial charge in [0.2, 0.25) is 0 Å². The Morgan fingerprint density at radius 3 is 1.11 bits per heavy atom. The second-order valence-corrected chi connectivity index (χ2v) is 12.5. The zero-order valence-electron chi connectivity index (χ0n) is 26.1. The highest BCUT2D eigenvalue weighted by atomic mass is 16.5. The van der Waals surface area contributed by atoms with Crippen LogP contribution in [0.3, 0.4) is 0 Å². The molecular formula is C38H34N4O4. The van der Waals surface area contributed by atoms with E-state index in [0.717, 1.165) is 9.48 Å². The van der Waals surface area contributed by atoms with E-state index >= 15 is 0 Å². The number of nitrogens with zero attached hydrogens (tertiary/aromatic N) is 4. The van der Waals surface area contributed by atoms with Crippen molar-refractivity contribution >= 4 is 34.7 Å². The molecule has 0 saturated heterocycles. The highest BCUT2D eigenvalue weighted by molar-refractivity contribution is 6.29. The summed E-state index contributed by atoms with van der Waals surface area (Å²) < 4.78 is 1.60. The second kappa shape index (κ2) is 11.8. The van der Waals surface area contributed by atoms with Gasteiger partial charge in [-0.3, -0.25) is 19.1 Å². The summed E-state index contributed by atoms with van der Waals surface area (Å²) in [4.78, 5) is 39.4. The molecule has 4 aromatic rings. The molecule has 2 aliphatic rings. The molecule has 0 aliphatic carbocycles. The molecule has 46 heavy (non-hydrogen) atoms. The van der Waals surface area contributed by atoms with Gasteiger partial charge in [0.05, 0.1) is 11.1 Å². The lowest BCUT2D eigenvalue weighted by Gasteiger charge is -2.33. The van der Waals surface area contributed by atoms with Crippen molar-refractivity contribution in [2.24, 2.45) is 21.8 Å². The number of hydrogen-bond donors (Lipinski definition) is 0. The summed E-state index contributed by atoms with van der Waals surface area (Å²) in [7, 11) is 0. The predicted octanol–water partition coefficient (Wildman–Crippen LogP) is 6.37. The van der Waals surface area contributed by atoms with Crippen LogP contribution in [0.15, 0.2) is 131 Å².